The molecule has 0 unspecified atom stereocenters. The topological polar surface area (TPSA) is 61.2 Å². The average molecular weight is 252 g/mol. The average Bonchev–Trinajstić information content (AvgIpc) is 2.80. The van der Waals surface area contributed by atoms with Crippen LogP contribution in [0.4, 0.5) is 0 Å². The van der Waals surface area contributed by atoms with Crippen LogP contribution in [-0.4, -0.2) is 18.0 Å². The van der Waals surface area contributed by atoms with Gasteiger partial charge in [0.2, 0.25) is 0 Å². The van der Waals surface area contributed by atoms with Gasteiger partial charge in [-0.1, -0.05) is 17.7 Å². The van der Waals surface area contributed by atoms with E-state index in [9.17, 15) is 8.42 Å². The van der Waals surface area contributed by atoms with Crippen molar-refractivity contribution >= 4 is 10.1 Å². The molecular formula is C11H12N2O3S. The first-order valence-electron chi connectivity index (χ1n) is 5.00. The van der Waals surface area contributed by atoms with Crippen molar-refractivity contribution in [2.45, 2.75) is 18.6 Å². The number of aromatic nitrogens is 2. The van der Waals surface area contributed by atoms with Crippen molar-refractivity contribution in [3.63, 3.8) is 0 Å². The van der Waals surface area contributed by atoms with E-state index < -0.39 is 10.1 Å². The fourth-order valence-electron chi connectivity index (χ4n) is 1.27. The van der Waals surface area contributed by atoms with Crippen molar-refractivity contribution in [3.05, 3.63) is 48.5 Å². The summed E-state index contributed by atoms with van der Waals surface area (Å²) in [5.41, 5.74) is 0.999. The first-order chi connectivity index (χ1) is 8.08. The lowest BCUT2D eigenvalue weighted by Gasteiger charge is -2.06. The standard InChI is InChI=1S/C11H12N2O3S/c1-10-2-4-11(5-3-10)17(14,15)16-9-13-7-6-12-8-13/h2-8H,9H2,1H3. The zero-order valence-corrected chi connectivity index (χ0v) is 10.1. The molecule has 0 spiro atoms. The quantitative estimate of drug-likeness (QED) is 0.775. The third-order valence-electron chi connectivity index (χ3n) is 2.23. The molecule has 0 bridgehead atoms. The predicted molar refractivity (Wildman–Crippen MR) is 61.7 cm³/mol. The molecule has 0 fully saturated rings. The molecule has 6 heteroatoms. The molecule has 0 atom stereocenters. The first kappa shape index (κ1) is 11.8. The smallest absolute Gasteiger partial charge is 0.298 e. The third kappa shape index (κ3) is 2.92. The van der Waals surface area contributed by atoms with Crippen LogP contribution in [0.1, 0.15) is 5.56 Å². The fraction of sp³-hybridized carbons (Fsp3) is 0.182. The Morgan fingerprint density at radius 1 is 1.29 bits per heavy atom. The van der Waals surface area contributed by atoms with Crippen molar-refractivity contribution in [2.75, 3.05) is 0 Å². The molecule has 0 saturated carbocycles. The summed E-state index contributed by atoms with van der Waals surface area (Å²) in [6, 6.07) is 6.51. The highest BCUT2D eigenvalue weighted by Crippen LogP contribution is 2.13. The molecule has 0 N–H and O–H groups in total. The highest BCUT2D eigenvalue weighted by Gasteiger charge is 2.14. The van der Waals surface area contributed by atoms with Crippen LogP contribution in [0.3, 0.4) is 0 Å². The van der Waals surface area contributed by atoms with E-state index in [1.807, 2.05) is 6.92 Å². The van der Waals surface area contributed by atoms with Gasteiger partial charge >= 0.3 is 0 Å². The maximum Gasteiger partial charge on any atom is 0.298 e. The molecule has 5 nitrogen and oxygen atoms in total. The van der Waals surface area contributed by atoms with Gasteiger partial charge in [0.25, 0.3) is 10.1 Å². The van der Waals surface area contributed by atoms with Crippen molar-refractivity contribution in [1.29, 1.82) is 0 Å². The fourth-order valence-corrected chi connectivity index (χ4v) is 2.13. The van der Waals surface area contributed by atoms with E-state index in [-0.39, 0.29) is 11.6 Å². The number of imidazole rings is 1. The van der Waals surface area contributed by atoms with Gasteiger partial charge in [-0.25, -0.2) is 9.17 Å². The number of benzene rings is 1. The van der Waals surface area contributed by atoms with E-state index in [0.29, 0.717) is 0 Å². The van der Waals surface area contributed by atoms with Crippen molar-refractivity contribution in [3.8, 4) is 0 Å². The van der Waals surface area contributed by atoms with Crippen LogP contribution >= 0.6 is 0 Å². The second kappa shape index (κ2) is 4.68. The third-order valence-corrected chi connectivity index (χ3v) is 3.49. The molecule has 0 aliphatic heterocycles. The maximum absolute atomic E-state index is 11.8. The van der Waals surface area contributed by atoms with E-state index in [0.717, 1.165) is 5.56 Å². The first-order valence-corrected chi connectivity index (χ1v) is 6.40. The zero-order valence-electron chi connectivity index (χ0n) is 9.28. The van der Waals surface area contributed by atoms with Crippen LogP contribution in [0.2, 0.25) is 0 Å². The van der Waals surface area contributed by atoms with Crippen LogP contribution < -0.4 is 0 Å². The van der Waals surface area contributed by atoms with E-state index >= 15 is 0 Å². The Labute approximate surface area is 99.8 Å². The number of aryl methyl sites for hydroxylation is 1. The van der Waals surface area contributed by atoms with Crippen LogP contribution in [0.15, 0.2) is 47.9 Å². The maximum atomic E-state index is 11.8. The van der Waals surface area contributed by atoms with Crippen molar-refractivity contribution in [2.24, 2.45) is 0 Å². The molecule has 1 heterocycles. The van der Waals surface area contributed by atoms with Gasteiger partial charge in [0.1, 0.15) is 6.73 Å². The highest BCUT2D eigenvalue weighted by molar-refractivity contribution is 7.86. The minimum Gasteiger partial charge on any atom is -0.312 e. The molecule has 2 rings (SSSR count). The van der Waals surface area contributed by atoms with E-state index in [1.165, 1.54) is 23.0 Å². The Morgan fingerprint density at radius 3 is 2.59 bits per heavy atom. The van der Waals surface area contributed by atoms with Gasteiger partial charge in [-0.15, -0.1) is 0 Å². The molecule has 0 aliphatic rings. The van der Waals surface area contributed by atoms with Gasteiger partial charge in [0, 0.05) is 12.4 Å². The molecule has 90 valence electrons. The van der Waals surface area contributed by atoms with Gasteiger partial charge in [0.15, 0.2) is 0 Å². The Morgan fingerprint density at radius 2 is 2.00 bits per heavy atom. The minimum absolute atomic E-state index is 0.0732. The second-order valence-electron chi connectivity index (χ2n) is 3.59. The second-order valence-corrected chi connectivity index (χ2v) is 5.21. The number of hydrogen-bond donors (Lipinski definition) is 0. The Hall–Kier alpha value is -1.66. The molecule has 0 amide bonds. The molecule has 17 heavy (non-hydrogen) atoms. The summed E-state index contributed by atoms with van der Waals surface area (Å²) in [6.07, 6.45) is 4.68. The number of rotatable bonds is 4. The van der Waals surface area contributed by atoms with Crippen molar-refractivity contribution < 1.29 is 12.6 Å². The van der Waals surface area contributed by atoms with E-state index in [4.69, 9.17) is 4.18 Å². The Bertz CT molecular complexity index is 574. The van der Waals surface area contributed by atoms with E-state index in [2.05, 4.69) is 4.98 Å². The Kier molecular flexibility index (Phi) is 3.26. The van der Waals surface area contributed by atoms with Crippen molar-refractivity contribution in [1.82, 2.24) is 9.55 Å². The number of hydrogen-bond acceptors (Lipinski definition) is 4. The highest BCUT2D eigenvalue weighted by atomic mass is 32.2. The Balaban J connectivity index is 2.11. The summed E-state index contributed by atoms with van der Waals surface area (Å²) < 4.78 is 30.0. The SMILES string of the molecule is Cc1ccc(S(=O)(=O)OCn2ccnc2)cc1. The van der Waals surface area contributed by atoms with Crippen LogP contribution in [0.25, 0.3) is 0 Å². The van der Waals surface area contributed by atoms with Gasteiger partial charge in [0.05, 0.1) is 11.2 Å². The zero-order chi connectivity index (χ0) is 12.3. The predicted octanol–water partition coefficient (Wildman–Crippen LogP) is 1.55. The lowest BCUT2D eigenvalue weighted by molar-refractivity contribution is 0.243. The molecule has 0 saturated heterocycles. The molecule has 1 aromatic heterocycles. The summed E-state index contributed by atoms with van der Waals surface area (Å²) in [5.74, 6) is 0. The normalized spacial score (nSPS) is 11.6. The number of nitrogens with zero attached hydrogens (tertiary/aromatic N) is 2. The summed E-state index contributed by atoms with van der Waals surface area (Å²) in [7, 11) is -3.70. The largest absolute Gasteiger partial charge is 0.312 e. The van der Waals surface area contributed by atoms with Crippen LogP contribution in [-0.2, 0) is 21.0 Å². The summed E-state index contributed by atoms with van der Waals surface area (Å²) in [5, 5.41) is 0. The van der Waals surface area contributed by atoms with Crippen LogP contribution in [0, 0.1) is 6.92 Å². The minimum atomic E-state index is -3.70. The summed E-state index contributed by atoms with van der Waals surface area (Å²) in [6.45, 7) is 1.82. The van der Waals surface area contributed by atoms with Gasteiger partial charge in [-0.2, -0.15) is 8.42 Å². The summed E-state index contributed by atoms with van der Waals surface area (Å²) >= 11 is 0. The lowest BCUT2D eigenvalue weighted by Crippen LogP contribution is -2.09. The molecular weight excluding hydrogens is 240 g/mol. The molecule has 0 aliphatic carbocycles. The van der Waals surface area contributed by atoms with E-state index in [1.54, 1.807) is 24.5 Å². The molecule has 0 radical (unpaired) electrons. The summed E-state index contributed by atoms with van der Waals surface area (Å²) in [4.78, 5) is 3.95. The monoisotopic (exact) mass is 252 g/mol. The molecule has 1 aromatic carbocycles. The lowest BCUT2D eigenvalue weighted by atomic mass is 10.2. The van der Waals surface area contributed by atoms with Gasteiger partial charge < -0.3 is 4.57 Å². The van der Waals surface area contributed by atoms with Gasteiger partial charge in [-0.3, -0.25) is 0 Å². The van der Waals surface area contributed by atoms with Gasteiger partial charge in [-0.05, 0) is 19.1 Å². The molecule has 2 aromatic rings. The van der Waals surface area contributed by atoms with Crippen LogP contribution in [0.5, 0.6) is 0 Å².